The molecule has 29 heavy (non-hydrogen) atoms. The third-order valence-electron chi connectivity index (χ3n) is 4.87. The number of hydrogen-bond donors (Lipinski definition) is 3. The Morgan fingerprint density at radius 2 is 1.83 bits per heavy atom. The van der Waals surface area contributed by atoms with E-state index in [2.05, 4.69) is 5.32 Å². The molecule has 2 aromatic rings. The van der Waals surface area contributed by atoms with E-state index in [0.717, 1.165) is 24.0 Å². The fraction of sp³-hybridized carbons (Fsp3) is 0.409. The molecule has 1 aliphatic rings. The Hall–Kier alpha value is -2.77. The van der Waals surface area contributed by atoms with Crippen molar-refractivity contribution in [2.75, 3.05) is 19.9 Å². The fourth-order valence-electron chi connectivity index (χ4n) is 3.27. The van der Waals surface area contributed by atoms with Crippen molar-refractivity contribution in [3.8, 4) is 11.5 Å². The Morgan fingerprint density at radius 1 is 1.07 bits per heavy atom. The Balaban J connectivity index is 1.70. The number of unbranched alkanes of at least 4 members (excludes halogenated alkanes) is 1. The number of amides is 2. The highest BCUT2D eigenvalue weighted by atomic mass is 16.7. The van der Waals surface area contributed by atoms with Crippen LogP contribution in [0.15, 0.2) is 48.5 Å². The number of nitrogens with zero attached hydrogens (tertiary/aromatic N) is 1. The quantitative estimate of drug-likeness (QED) is 0.534. The molecule has 1 heterocycles. The van der Waals surface area contributed by atoms with Gasteiger partial charge in [0.15, 0.2) is 11.5 Å². The van der Waals surface area contributed by atoms with Gasteiger partial charge in [-0.2, -0.15) is 0 Å². The van der Waals surface area contributed by atoms with Crippen molar-refractivity contribution in [2.24, 2.45) is 5.73 Å². The zero-order valence-corrected chi connectivity index (χ0v) is 16.5. The molecule has 2 amide bonds. The van der Waals surface area contributed by atoms with Crippen molar-refractivity contribution in [3.63, 3.8) is 0 Å². The maximum absolute atomic E-state index is 13.0. The lowest BCUT2D eigenvalue weighted by Crippen LogP contribution is -2.45. The van der Waals surface area contributed by atoms with Gasteiger partial charge in [-0.3, -0.25) is 0 Å². The van der Waals surface area contributed by atoms with Crippen molar-refractivity contribution >= 4 is 6.03 Å². The average Bonchev–Trinajstić information content (AvgIpc) is 3.21. The molecule has 0 spiro atoms. The first-order valence-corrected chi connectivity index (χ1v) is 9.98. The molecule has 1 atom stereocenters. The number of urea groups is 1. The Labute approximate surface area is 171 Å². The van der Waals surface area contributed by atoms with Gasteiger partial charge in [0.2, 0.25) is 6.79 Å². The van der Waals surface area contributed by atoms with Crippen molar-refractivity contribution in [1.29, 1.82) is 0 Å². The van der Waals surface area contributed by atoms with Gasteiger partial charge in [0.25, 0.3) is 0 Å². The van der Waals surface area contributed by atoms with Crippen molar-refractivity contribution in [2.45, 2.75) is 38.4 Å². The van der Waals surface area contributed by atoms with E-state index in [1.807, 2.05) is 48.5 Å². The summed E-state index contributed by atoms with van der Waals surface area (Å²) in [5.74, 6) is 1.41. The van der Waals surface area contributed by atoms with Crippen LogP contribution in [0.5, 0.6) is 11.5 Å². The highest BCUT2D eigenvalue weighted by molar-refractivity contribution is 5.74. The van der Waals surface area contributed by atoms with Crippen molar-refractivity contribution in [1.82, 2.24) is 10.2 Å². The molecule has 7 heteroatoms. The number of ether oxygens (including phenoxy) is 2. The summed E-state index contributed by atoms with van der Waals surface area (Å²) < 4.78 is 10.8. The monoisotopic (exact) mass is 399 g/mol. The van der Waals surface area contributed by atoms with Crippen molar-refractivity contribution < 1.29 is 19.4 Å². The van der Waals surface area contributed by atoms with E-state index < -0.39 is 0 Å². The fourth-order valence-corrected chi connectivity index (χ4v) is 3.27. The van der Waals surface area contributed by atoms with Crippen LogP contribution >= 0.6 is 0 Å². The topological polar surface area (TPSA) is 97.0 Å². The van der Waals surface area contributed by atoms with Crippen LogP contribution in [0.2, 0.25) is 0 Å². The number of carbonyl (C=O) groups excluding carboxylic acids is 1. The van der Waals surface area contributed by atoms with Gasteiger partial charge in [0.1, 0.15) is 0 Å². The van der Waals surface area contributed by atoms with Gasteiger partial charge >= 0.3 is 6.03 Å². The van der Waals surface area contributed by atoms with E-state index >= 15 is 0 Å². The van der Waals surface area contributed by atoms with Crippen molar-refractivity contribution in [3.05, 3.63) is 59.7 Å². The highest BCUT2D eigenvalue weighted by Gasteiger charge is 2.20. The standard InChI is InChI=1S/C22H29N3O4/c23-11-5-4-8-19(15-26)24-22(27)25(13-17-6-2-1-3-7-17)14-18-9-10-20-21(12-18)29-16-28-20/h1-3,6-7,9-10,12,19,26H,4-5,8,11,13-16,23H2,(H,24,27). The van der Waals surface area contributed by atoms with Gasteiger partial charge < -0.3 is 30.5 Å². The summed E-state index contributed by atoms with van der Waals surface area (Å²) in [6.07, 6.45) is 2.43. The Bertz CT molecular complexity index is 785. The van der Waals surface area contributed by atoms with Crippen LogP contribution in [0.4, 0.5) is 4.79 Å². The predicted molar refractivity (Wildman–Crippen MR) is 111 cm³/mol. The highest BCUT2D eigenvalue weighted by Crippen LogP contribution is 2.33. The molecule has 2 aromatic carbocycles. The normalized spacial score (nSPS) is 13.2. The van der Waals surface area contributed by atoms with Gasteiger partial charge in [-0.25, -0.2) is 4.79 Å². The second-order valence-corrected chi connectivity index (χ2v) is 7.14. The van der Waals surface area contributed by atoms with Gasteiger partial charge in [0, 0.05) is 13.1 Å². The van der Waals surface area contributed by atoms with E-state index in [4.69, 9.17) is 15.2 Å². The van der Waals surface area contributed by atoms with E-state index in [0.29, 0.717) is 37.6 Å². The van der Waals surface area contributed by atoms with E-state index in [1.165, 1.54) is 0 Å². The number of aliphatic hydroxyl groups is 1. The van der Waals surface area contributed by atoms with E-state index in [1.54, 1.807) is 4.90 Å². The van der Waals surface area contributed by atoms with Crippen LogP contribution in [-0.4, -0.2) is 42.0 Å². The third-order valence-corrected chi connectivity index (χ3v) is 4.87. The van der Waals surface area contributed by atoms with Gasteiger partial charge in [0.05, 0.1) is 12.6 Å². The molecule has 0 radical (unpaired) electrons. The minimum Gasteiger partial charge on any atom is -0.454 e. The number of aliphatic hydroxyl groups excluding tert-OH is 1. The zero-order chi connectivity index (χ0) is 20.5. The second kappa shape index (κ2) is 10.7. The summed E-state index contributed by atoms with van der Waals surface area (Å²) in [5, 5.41) is 12.6. The SMILES string of the molecule is NCCCCC(CO)NC(=O)N(Cc1ccccc1)Cc1ccc2c(c1)OCO2. The second-order valence-electron chi connectivity index (χ2n) is 7.14. The van der Waals surface area contributed by atoms with Crippen LogP contribution in [0.3, 0.4) is 0 Å². The average molecular weight is 399 g/mol. The van der Waals surface area contributed by atoms with Crippen LogP contribution < -0.4 is 20.5 Å². The van der Waals surface area contributed by atoms with Crippen LogP contribution in [0.25, 0.3) is 0 Å². The number of fused-ring (bicyclic) bond motifs is 1. The number of nitrogens with two attached hydrogens (primary N) is 1. The summed E-state index contributed by atoms with van der Waals surface area (Å²) in [5.41, 5.74) is 7.52. The van der Waals surface area contributed by atoms with Crippen LogP contribution in [0.1, 0.15) is 30.4 Å². The third kappa shape index (κ3) is 6.10. The first-order valence-electron chi connectivity index (χ1n) is 9.98. The number of carbonyl (C=O) groups is 1. The molecular formula is C22H29N3O4. The molecule has 156 valence electrons. The molecule has 1 aliphatic heterocycles. The first kappa shape index (κ1) is 21.0. The number of rotatable bonds is 10. The molecule has 0 fully saturated rings. The van der Waals surface area contributed by atoms with E-state index in [9.17, 15) is 9.90 Å². The number of nitrogens with one attached hydrogen (secondary N) is 1. The molecular weight excluding hydrogens is 370 g/mol. The molecule has 1 unspecified atom stereocenters. The largest absolute Gasteiger partial charge is 0.454 e. The zero-order valence-electron chi connectivity index (χ0n) is 16.5. The van der Waals surface area contributed by atoms with Crippen LogP contribution in [-0.2, 0) is 13.1 Å². The maximum Gasteiger partial charge on any atom is 0.318 e. The molecule has 4 N–H and O–H groups in total. The predicted octanol–water partition coefficient (Wildman–Crippen LogP) is 2.62. The summed E-state index contributed by atoms with van der Waals surface area (Å²) >= 11 is 0. The molecule has 0 bridgehead atoms. The lowest BCUT2D eigenvalue weighted by molar-refractivity contribution is 0.172. The smallest absolute Gasteiger partial charge is 0.318 e. The number of benzene rings is 2. The molecule has 0 saturated heterocycles. The maximum atomic E-state index is 13.0. The molecule has 0 saturated carbocycles. The Morgan fingerprint density at radius 3 is 2.59 bits per heavy atom. The van der Waals surface area contributed by atoms with Gasteiger partial charge in [-0.1, -0.05) is 42.8 Å². The minimum atomic E-state index is -0.288. The number of hydrogen-bond acceptors (Lipinski definition) is 5. The van der Waals surface area contributed by atoms with Gasteiger partial charge in [-0.05, 0) is 42.6 Å². The van der Waals surface area contributed by atoms with Gasteiger partial charge in [-0.15, -0.1) is 0 Å². The minimum absolute atomic E-state index is 0.0977. The Kier molecular flexibility index (Phi) is 7.72. The molecule has 7 nitrogen and oxygen atoms in total. The molecule has 3 rings (SSSR count). The molecule has 0 aliphatic carbocycles. The van der Waals surface area contributed by atoms with E-state index in [-0.39, 0.29) is 25.5 Å². The summed E-state index contributed by atoms with van der Waals surface area (Å²) in [4.78, 5) is 14.7. The lowest BCUT2D eigenvalue weighted by atomic mass is 10.1. The summed E-state index contributed by atoms with van der Waals surface area (Å²) in [7, 11) is 0. The first-order chi connectivity index (χ1) is 14.2. The lowest BCUT2D eigenvalue weighted by Gasteiger charge is -2.26. The summed E-state index contributed by atoms with van der Waals surface area (Å²) in [6, 6.07) is 15.0. The van der Waals surface area contributed by atoms with Crippen LogP contribution in [0, 0.1) is 0 Å². The molecule has 0 aromatic heterocycles. The summed E-state index contributed by atoms with van der Waals surface area (Å²) in [6.45, 7) is 1.60.